The number of nitrogens with zero attached hydrogens (tertiary/aromatic N) is 1. The molecule has 0 amide bonds. The van der Waals surface area contributed by atoms with Crippen LogP contribution in [0.3, 0.4) is 0 Å². The summed E-state index contributed by atoms with van der Waals surface area (Å²) >= 11 is 0. The molecule has 1 fully saturated rings. The molecule has 0 aliphatic carbocycles. The zero-order valence-electron chi connectivity index (χ0n) is 9.59. The van der Waals surface area contributed by atoms with Gasteiger partial charge in [0.05, 0.1) is 18.2 Å². The van der Waals surface area contributed by atoms with Crippen LogP contribution in [-0.2, 0) is 4.79 Å². The molecular weight excluding hydrogens is 206 g/mol. The molecule has 16 heavy (non-hydrogen) atoms. The summed E-state index contributed by atoms with van der Waals surface area (Å²) in [7, 11) is 0. The maximum atomic E-state index is 11.0. The molecule has 0 spiro atoms. The lowest BCUT2D eigenvalue weighted by atomic mass is 9.99. The third-order valence-electron chi connectivity index (χ3n) is 3.46. The normalized spacial score (nSPS) is 28.1. The van der Waals surface area contributed by atoms with Crippen molar-refractivity contribution in [3.63, 3.8) is 0 Å². The van der Waals surface area contributed by atoms with E-state index in [0.29, 0.717) is 6.54 Å². The second-order valence-corrected chi connectivity index (χ2v) is 4.57. The van der Waals surface area contributed by atoms with Crippen LogP contribution in [0, 0.1) is 11.8 Å². The van der Waals surface area contributed by atoms with Crippen molar-refractivity contribution in [2.45, 2.75) is 19.9 Å². The Hall–Kier alpha value is -1.29. The molecule has 88 valence electrons. The molecule has 3 atom stereocenters. The minimum Gasteiger partial charge on any atom is -0.481 e. The Morgan fingerprint density at radius 3 is 2.88 bits per heavy atom. The average molecular weight is 223 g/mol. The summed E-state index contributed by atoms with van der Waals surface area (Å²) in [5.74, 6) is 0.159. The molecule has 1 aromatic heterocycles. The topological polar surface area (TPSA) is 53.7 Å². The summed E-state index contributed by atoms with van der Waals surface area (Å²) in [5.41, 5.74) is 0. The first-order chi connectivity index (χ1) is 7.59. The van der Waals surface area contributed by atoms with Gasteiger partial charge in [-0.15, -0.1) is 0 Å². The summed E-state index contributed by atoms with van der Waals surface area (Å²) in [6.45, 7) is 5.47. The van der Waals surface area contributed by atoms with Crippen LogP contribution < -0.4 is 0 Å². The highest BCUT2D eigenvalue weighted by Gasteiger charge is 2.37. The maximum absolute atomic E-state index is 11.0. The maximum Gasteiger partial charge on any atom is 0.308 e. The first-order valence-electron chi connectivity index (χ1n) is 5.60. The lowest BCUT2D eigenvalue weighted by Crippen LogP contribution is -2.26. The van der Waals surface area contributed by atoms with Crippen LogP contribution in [0.15, 0.2) is 22.8 Å². The molecule has 0 bridgehead atoms. The molecule has 4 heteroatoms. The van der Waals surface area contributed by atoms with Crippen LogP contribution in [0.4, 0.5) is 0 Å². The van der Waals surface area contributed by atoms with E-state index in [4.69, 9.17) is 9.52 Å². The summed E-state index contributed by atoms with van der Waals surface area (Å²) in [4.78, 5) is 13.2. The third kappa shape index (κ3) is 1.97. The van der Waals surface area contributed by atoms with E-state index < -0.39 is 5.97 Å². The predicted octanol–water partition coefficient (Wildman–Crippen LogP) is 1.99. The molecule has 1 aromatic rings. The molecule has 2 rings (SSSR count). The van der Waals surface area contributed by atoms with Crippen molar-refractivity contribution in [3.05, 3.63) is 24.2 Å². The van der Waals surface area contributed by atoms with Gasteiger partial charge in [-0.05, 0) is 25.0 Å². The van der Waals surface area contributed by atoms with Gasteiger partial charge in [0.25, 0.3) is 0 Å². The number of aliphatic carboxylic acids is 1. The van der Waals surface area contributed by atoms with E-state index in [9.17, 15) is 4.79 Å². The van der Waals surface area contributed by atoms with E-state index in [-0.39, 0.29) is 17.9 Å². The number of carboxylic acids is 1. The zero-order chi connectivity index (χ0) is 11.7. The van der Waals surface area contributed by atoms with Gasteiger partial charge in [-0.1, -0.05) is 6.92 Å². The molecule has 0 radical (unpaired) electrons. The van der Waals surface area contributed by atoms with Gasteiger partial charge in [-0.2, -0.15) is 0 Å². The first-order valence-corrected chi connectivity index (χ1v) is 5.60. The van der Waals surface area contributed by atoms with Gasteiger partial charge in [0.15, 0.2) is 0 Å². The van der Waals surface area contributed by atoms with Crippen molar-refractivity contribution in [2.75, 3.05) is 13.1 Å². The van der Waals surface area contributed by atoms with E-state index in [1.54, 1.807) is 6.26 Å². The van der Waals surface area contributed by atoms with Crippen LogP contribution in [0.25, 0.3) is 0 Å². The fourth-order valence-electron chi connectivity index (χ4n) is 2.35. The summed E-state index contributed by atoms with van der Waals surface area (Å²) in [5, 5.41) is 9.06. The second-order valence-electron chi connectivity index (χ2n) is 4.57. The Balaban J connectivity index is 2.05. The largest absolute Gasteiger partial charge is 0.481 e. The SMILES string of the molecule is CC(c1ccco1)N1C[C@@H](C)[C@H](C(=O)O)C1. The Morgan fingerprint density at radius 2 is 2.38 bits per heavy atom. The Bertz CT molecular complexity index is 360. The van der Waals surface area contributed by atoms with Gasteiger partial charge in [-0.25, -0.2) is 0 Å². The van der Waals surface area contributed by atoms with Gasteiger partial charge in [0, 0.05) is 13.1 Å². The molecule has 2 heterocycles. The quantitative estimate of drug-likeness (QED) is 0.851. The Labute approximate surface area is 94.9 Å². The molecule has 0 aromatic carbocycles. The minimum atomic E-state index is -0.693. The van der Waals surface area contributed by atoms with Crippen molar-refractivity contribution in [1.82, 2.24) is 4.90 Å². The lowest BCUT2D eigenvalue weighted by molar-refractivity contribution is -0.142. The fourth-order valence-corrected chi connectivity index (χ4v) is 2.35. The second kappa shape index (κ2) is 4.29. The van der Waals surface area contributed by atoms with Crippen molar-refractivity contribution in [2.24, 2.45) is 11.8 Å². The van der Waals surface area contributed by atoms with Crippen molar-refractivity contribution >= 4 is 5.97 Å². The number of furan rings is 1. The average Bonchev–Trinajstić information content (AvgIpc) is 2.84. The molecule has 1 N–H and O–H groups in total. The number of likely N-dealkylation sites (tertiary alicyclic amines) is 1. The van der Waals surface area contributed by atoms with Gasteiger partial charge in [-0.3, -0.25) is 9.69 Å². The Kier molecular flexibility index (Phi) is 3.01. The van der Waals surface area contributed by atoms with Crippen molar-refractivity contribution < 1.29 is 14.3 Å². The number of carbonyl (C=O) groups is 1. The van der Waals surface area contributed by atoms with Gasteiger partial charge < -0.3 is 9.52 Å². The number of hydrogen-bond acceptors (Lipinski definition) is 3. The summed E-state index contributed by atoms with van der Waals surface area (Å²) < 4.78 is 5.35. The van der Waals surface area contributed by atoms with Crippen molar-refractivity contribution in [3.8, 4) is 0 Å². The number of hydrogen-bond donors (Lipinski definition) is 1. The third-order valence-corrected chi connectivity index (χ3v) is 3.46. The minimum absolute atomic E-state index is 0.154. The summed E-state index contributed by atoms with van der Waals surface area (Å²) in [6, 6.07) is 3.95. The van der Waals surface area contributed by atoms with Crippen LogP contribution >= 0.6 is 0 Å². The molecule has 1 unspecified atom stereocenters. The predicted molar refractivity (Wildman–Crippen MR) is 59.0 cm³/mol. The monoisotopic (exact) mass is 223 g/mol. The highest BCUT2D eigenvalue weighted by Crippen LogP contribution is 2.30. The number of rotatable bonds is 3. The first kappa shape index (κ1) is 11.2. The highest BCUT2D eigenvalue weighted by molar-refractivity contribution is 5.71. The van der Waals surface area contributed by atoms with Gasteiger partial charge in [0.1, 0.15) is 5.76 Å². The molecule has 0 saturated carbocycles. The molecule has 1 saturated heterocycles. The van der Waals surface area contributed by atoms with Crippen LogP contribution in [0.2, 0.25) is 0 Å². The van der Waals surface area contributed by atoms with E-state index in [2.05, 4.69) is 11.8 Å². The molecular formula is C12H17NO3. The molecule has 4 nitrogen and oxygen atoms in total. The molecule has 1 aliphatic heterocycles. The van der Waals surface area contributed by atoms with Gasteiger partial charge in [0.2, 0.25) is 0 Å². The van der Waals surface area contributed by atoms with Crippen LogP contribution in [0.1, 0.15) is 25.6 Å². The van der Waals surface area contributed by atoms with Gasteiger partial charge >= 0.3 is 5.97 Å². The van der Waals surface area contributed by atoms with Crippen LogP contribution in [-0.4, -0.2) is 29.1 Å². The van der Waals surface area contributed by atoms with E-state index in [1.807, 2.05) is 19.1 Å². The van der Waals surface area contributed by atoms with Crippen LogP contribution in [0.5, 0.6) is 0 Å². The molecule has 1 aliphatic rings. The summed E-state index contributed by atoms with van der Waals surface area (Å²) in [6.07, 6.45) is 1.65. The van der Waals surface area contributed by atoms with E-state index >= 15 is 0 Å². The fraction of sp³-hybridized carbons (Fsp3) is 0.583. The van der Waals surface area contributed by atoms with E-state index in [0.717, 1.165) is 12.3 Å². The number of carboxylic acid groups (broad SMARTS) is 1. The smallest absolute Gasteiger partial charge is 0.308 e. The van der Waals surface area contributed by atoms with E-state index in [1.165, 1.54) is 0 Å². The lowest BCUT2D eigenvalue weighted by Gasteiger charge is -2.22. The Morgan fingerprint density at radius 1 is 1.62 bits per heavy atom. The standard InChI is InChI=1S/C12H17NO3/c1-8-6-13(7-10(8)12(14)15)9(2)11-4-3-5-16-11/h3-5,8-10H,6-7H2,1-2H3,(H,14,15)/t8-,9?,10-/m1/s1. The van der Waals surface area contributed by atoms with Crippen molar-refractivity contribution in [1.29, 1.82) is 0 Å². The zero-order valence-corrected chi connectivity index (χ0v) is 9.59. The highest BCUT2D eigenvalue weighted by atomic mass is 16.4.